The number of aliphatic imine (C=N–C) groups is 1. The summed E-state index contributed by atoms with van der Waals surface area (Å²) in [6.45, 7) is 0. The first-order chi connectivity index (χ1) is 11.9. The minimum Gasteiger partial charge on any atom is -0.497 e. The summed E-state index contributed by atoms with van der Waals surface area (Å²) >= 11 is 0. The van der Waals surface area contributed by atoms with Crippen LogP contribution in [0.2, 0.25) is 0 Å². The van der Waals surface area contributed by atoms with Crippen molar-refractivity contribution < 1.29 is 27.4 Å². The van der Waals surface area contributed by atoms with Crippen LogP contribution in [-0.4, -0.2) is 19.0 Å². The number of benzene rings is 2. The summed E-state index contributed by atoms with van der Waals surface area (Å²) in [5.41, 5.74) is 0.246. The van der Waals surface area contributed by atoms with Gasteiger partial charge in [-0.05, 0) is 48.0 Å². The number of hydrogen-bond donors (Lipinski definition) is 0. The van der Waals surface area contributed by atoms with Gasteiger partial charge in [0, 0.05) is 5.56 Å². The molecule has 2 aromatic rings. The molecule has 4 nitrogen and oxygen atoms in total. The van der Waals surface area contributed by atoms with Crippen molar-refractivity contribution in [2.75, 3.05) is 7.11 Å². The maximum atomic E-state index is 12.6. The Morgan fingerprint density at radius 1 is 1.12 bits per heavy atom. The first-order valence-electron chi connectivity index (χ1n) is 7.21. The fourth-order valence-corrected chi connectivity index (χ4v) is 2.22. The Morgan fingerprint density at radius 2 is 1.84 bits per heavy atom. The monoisotopic (exact) mass is 347 g/mol. The molecule has 0 N–H and O–H groups in total. The van der Waals surface area contributed by atoms with E-state index in [1.54, 1.807) is 24.3 Å². The van der Waals surface area contributed by atoms with Crippen molar-refractivity contribution in [2.45, 2.75) is 6.18 Å². The number of ether oxygens (including phenoxy) is 2. The molecule has 0 unspecified atom stereocenters. The Labute approximate surface area is 141 Å². The number of rotatable bonds is 3. The Hall–Kier alpha value is -3.09. The van der Waals surface area contributed by atoms with E-state index in [-0.39, 0.29) is 17.2 Å². The van der Waals surface area contributed by atoms with Crippen LogP contribution in [0, 0.1) is 0 Å². The molecule has 0 amide bonds. The molecule has 0 aliphatic carbocycles. The molecule has 1 aliphatic heterocycles. The summed E-state index contributed by atoms with van der Waals surface area (Å²) in [5.74, 6) is -0.0850. The molecule has 0 spiro atoms. The number of esters is 1. The molecule has 0 fully saturated rings. The first-order valence-corrected chi connectivity index (χ1v) is 7.21. The zero-order valence-corrected chi connectivity index (χ0v) is 13.0. The SMILES string of the molecule is COc1cccc(/C=C2\N=C(c3ccc(C(F)(F)F)cc3)OC2=O)c1. The highest BCUT2D eigenvalue weighted by atomic mass is 19.4. The van der Waals surface area contributed by atoms with Gasteiger partial charge in [0.05, 0.1) is 12.7 Å². The Kier molecular flexibility index (Phi) is 4.31. The topological polar surface area (TPSA) is 47.9 Å². The average molecular weight is 347 g/mol. The van der Waals surface area contributed by atoms with Gasteiger partial charge < -0.3 is 9.47 Å². The zero-order valence-electron chi connectivity index (χ0n) is 13.0. The maximum Gasteiger partial charge on any atom is 0.416 e. The molecular weight excluding hydrogens is 335 g/mol. The molecular formula is C18H12F3NO3. The lowest BCUT2D eigenvalue weighted by atomic mass is 10.1. The number of hydrogen-bond acceptors (Lipinski definition) is 4. The van der Waals surface area contributed by atoms with Crippen molar-refractivity contribution in [2.24, 2.45) is 4.99 Å². The lowest BCUT2D eigenvalue weighted by Gasteiger charge is -2.06. The number of carbonyl (C=O) groups is 1. The van der Waals surface area contributed by atoms with E-state index in [9.17, 15) is 18.0 Å². The molecule has 0 saturated carbocycles. The predicted molar refractivity (Wildman–Crippen MR) is 85.0 cm³/mol. The molecule has 25 heavy (non-hydrogen) atoms. The van der Waals surface area contributed by atoms with Gasteiger partial charge in [0.25, 0.3) is 0 Å². The molecule has 1 aliphatic rings. The van der Waals surface area contributed by atoms with Gasteiger partial charge in [-0.2, -0.15) is 13.2 Å². The van der Waals surface area contributed by atoms with Gasteiger partial charge in [-0.1, -0.05) is 12.1 Å². The normalized spacial score (nSPS) is 15.9. The number of cyclic esters (lactones) is 1. The van der Waals surface area contributed by atoms with Gasteiger partial charge in [0.1, 0.15) is 5.75 Å². The molecule has 128 valence electrons. The molecule has 3 rings (SSSR count). The number of alkyl halides is 3. The van der Waals surface area contributed by atoms with Crippen molar-refractivity contribution in [1.82, 2.24) is 0 Å². The van der Waals surface area contributed by atoms with Crippen LogP contribution >= 0.6 is 0 Å². The van der Waals surface area contributed by atoms with Gasteiger partial charge in [0.2, 0.25) is 5.90 Å². The fraction of sp³-hybridized carbons (Fsp3) is 0.111. The number of methoxy groups -OCH3 is 1. The Morgan fingerprint density at radius 3 is 2.48 bits per heavy atom. The van der Waals surface area contributed by atoms with Gasteiger partial charge in [0.15, 0.2) is 5.70 Å². The highest BCUT2D eigenvalue weighted by molar-refractivity contribution is 6.12. The van der Waals surface area contributed by atoms with Crippen LogP contribution in [0.5, 0.6) is 5.75 Å². The molecule has 0 saturated heterocycles. The standard InChI is InChI=1S/C18H12F3NO3/c1-24-14-4-2-3-11(9-14)10-15-17(23)25-16(22-15)12-5-7-13(8-6-12)18(19,20)21/h2-10H,1H3/b15-10-. The van der Waals surface area contributed by atoms with Gasteiger partial charge in [-0.15, -0.1) is 0 Å². The van der Waals surface area contributed by atoms with Crippen LogP contribution in [0.4, 0.5) is 13.2 Å². The molecule has 2 aromatic carbocycles. The Bertz CT molecular complexity index is 868. The van der Waals surface area contributed by atoms with Gasteiger partial charge >= 0.3 is 12.1 Å². The lowest BCUT2D eigenvalue weighted by Crippen LogP contribution is -2.08. The van der Waals surface area contributed by atoms with Gasteiger partial charge in [-0.25, -0.2) is 9.79 Å². The number of carbonyl (C=O) groups excluding carboxylic acids is 1. The highest BCUT2D eigenvalue weighted by Crippen LogP contribution is 2.29. The third-order valence-electron chi connectivity index (χ3n) is 3.48. The summed E-state index contributed by atoms with van der Waals surface area (Å²) in [6, 6.07) is 11.2. The van der Waals surface area contributed by atoms with E-state index in [1.165, 1.54) is 25.3 Å². The van der Waals surface area contributed by atoms with Gasteiger partial charge in [-0.3, -0.25) is 0 Å². The van der Waals surface area contributed by atoms with E-state index in [4.69, 9.17) is 9.47 Å². The van der Waals surface area contributed by atoms with Crippen LogP contribution in [-0.2, 0) is 15.7 Å². The Balaban J connectivity index is 1.88. The largest absolute Gasteiger partial charge is 0.497 e. The second-order valence-corrected chi connectivity index (χ2v) is 5.19. The number of nitrogens with zero attached hydrogens (tertiary/aromatic N) is 1. The highest BCUT2D eigenvalue weighted by Gasteiger charge is 2.31. The summed E-state index contributed by atoms with van der Waals surface area (Å²) in [7, 11) is 1.52. The smallest absolute Gasteiger partial charge is 0.416 e. The van der Waals surface area contributed by atoms with Crippen LogP contribution in [0.25, 0.3) is 6.08 Å². The molecule has 0 aromatic heterocycles. The van der Waals surface area contributed by atoms with Crippen LogP contribution < -0.4 is 4.74 Å². The lowest BCUT2D eigenvalue weighted by molar-refractivity contribution is -0.137. The summed E-state index contributed by atoms with van der Waals surface area (Å²) < 4.78 is 47.9. The van der Waals surface area contributed by atoms with Crippen molar-refractivity contribution in [3.05, 3.63) is 70.9 Å². The number of halogens is 3. The van der Waals surface area contributed by atoms with Crippen LogP contribution in [0.3, 0.4) is 0 Å². The second kappa shape index (κ2) is 6.43. The van der Waals surface area contributed by atoms with Crippen LogP contribution in [0.1, 0.15) is 16.7 Å². The molecule has 1 heterocycles. The molecule has 7 heteroatoms. The summed E-state index contributed by atoms with van der Waals surface area (Å²) in [6.07, 6.45) is -2.91. The van der Waals surface area contributed by atoms with E-state index in [2.05, 4.69) is 4.99 Å². The molecule has 0 atom stereocenters. The zero-order chi connectivity index (χ0) is 18.0. The third kappa shape index (κ3) is 3.71. The van der Waals surface area contributed by atoms with E-state index in [1.807, 2.05) is 0 Å². The average Bonchev–Trinajstić information content (AvgIpc) is 2.95. The fourth-order valence-electron chi connectivity index (χ4n) is 2.22. The minimum atomic E-state index is -4.43. The van der Waals surface area contributed by atoms with E-state index < -0.39 is 17.7 Å². The minimum absolute atomic E-state index is 0.0344. The van der Waals surface area contributed by atoms with Crippen molar-refractivity contribution in [3.8, 4) is 5.75 Å². The van der Waals surface area contributed by atoms with E-state index in [0.717, 1.165) is 12.1 Å². The quantitative estimate of drug-likeness (QED) is 0.621. The molecule has 0 bridgehead atoms. The van der Waals surface area contributed by atoms with E-state index >= 15 is 0 Å². The maximum absolute atomic E-state index is 12.6. The first kappa shape index (κ1) is 16.8. The second-order valence-electron chi connectivity index (χ2n) is 5.19. The molecule has 0 radical (unpaired) electrons. The van der Waals surface area contributed by atoms with Crippen LogP contribution in [0.15, 0.2) is 59.2 Å². The van der Waals surface area contributed by atoms with Crippen molar-refractivity contribution in [1.29, 1.82) is 0 Å². The predicted octanol–water partition coefficient (Wildman–Crippen LogP) is 4.06. The van der Waals surface area contributed by atoms with Crippen molar-refractivity contribution in [3.63, 3.8) is 0 Å². The van der Waals surface area contributed by atoms with Crippen molar-refractivity contribution >= 4 is 17.9 Å². The van der Waals surface area contributed by atoms with E-state index in [0.29, 0.717) is 11.3 Å². The summed E-state index contributed by atoms with van der Waals surface area (Å²) in [4.78, 5) is 16.0. The summed E-state index contributed by atoms with van der Waals surface area (Å²) in [5, 5.41) is 0. The third-order valence-corrected chi connectivity index (χ3v) is 3.48.